The second-order valence-electron chi connectivity index (χ2n) is 5.00. The fraction of sp³-hybridized carbons (Fsp3) is 0.357. The van der Waals surface area contributed by atoms with Crippen LogP contribution in [-0.4, -0.2) is 16.1 Å². The van der Waals surface area contributed by atoms with Gasteiger partial charge in [0.2, 0.25) is 11.0 Å². The van der Waals surface area contributed by atoms with Crippen LogP contribution in [0.2, 0.25) is 10.0 Å². The van der Waals surface area contributed by atoms with E-state index < -0.39 is 0 Å². The van der Waals surface area contributed by atoms with Crippen LogP contribution in [0, 0.1) is 5.92 Å². The quantitative estimate of drug-likeness (QED) is 0.908. The lowest BCUT2D eigenvalue weighted by molar-refractivity contribution is -0.117. The number of nitrogens with one attached hydrogen (secondary N) is 1. The van der Waals surface area contributed by atoms with E-state index >= 15 is 0 Å². The monoisotopic (exact) mass is 341 g/mol. The highest BCUT2D eigenvalue weighted by Crippen LogP contribution is 2.49. The first-order valence-corrected chi connectivity index (χ1v) is 8.23. The Hall–Kier alpha value is -1.17. The van der Waals surface area contributed by atoms with Gasteiger partial charge in [0.25, 0.3) is 0 Å². The fourth-order valence-electron chi connectivity index (χ4n) is 2.29. The Bertz CT molecular complexity index is 668. The van der Waals surface area contributed by atoms with E-state index in [1.807, 2.05) is 19.1 Å². The van der Waals surface area contributed by atoms with Gasteiger partial charge in [-0.3, -0.25) is 4.79 Å². The number of carbonyl (C=O) groups is 1. The summed E-state index contributed by atoms with van der Waals surface area (Å²) in [5.74, 6) is 0.114. The van der Waals surface area contributed by atoms with Gasteiger partial charge in [-0.1, -0.05) is 41.5 Å². The van der Waals surface area contributed by atoms with E-state index in [0.29, 0.717) is 15.2 Å². The number of benzene rings is 1. The first-order chi connectivity index (χ1) is 10.1. The summed E-state index contributed by atoms with van der Waals surface area (Å²) in [6.07, 6.45) is 1.63. The fourth-order valence-corrected chi connectivity index (χ4v) is 3.51. The average Bonchev–Trinajstić information content (AvgIpc) is 3.12. The van der Waals surface area contributed by atoms with Crippen LogP contribution in [0.25, 0.3) is 0 Å². The number of hydrogen-bond donors (Lipinski definition) is 1. The molecule has 1 aliphatic rings. The van der Waals surface area contributed by atoms with Gasteiger partial charge in [-0.2, -0.15) is 0 Å². The van der Waals surface area contributed by atoms with Crippen LogP contribution in [0.1, 0.15) is 29.8 Å². The van der Waals surface area contributed by atoms with E-state index in [1.165, 1.54) is 11.3 Å². The molecule has 0 spiro atoms. The maximum Gasteiger partial charge on any atom is 0.229 e. The third-order valence-electron chi connectivity index (χ3n) is 3.44. The molecule has 110 valence electrons. The summed E-state index contributed by atoms with van der Waals surface area (Å²) < 4.78 is 0. The lowest BCUT2D eigenvalue weighted by Gasteiger charge is -2.03. The molecule has 0 bridgehead atoms. The number of hydrogen-bond acceptors (Lipinski definition) is 4. The molecule has 21 heavy (non-hydrogen) atoms. The Morgan fingerprint density at radius 1 is 1.33 bits per heavy atom. The Morgan fingerprint density at radius 3 is 2.67 bits per heavy atom. The highest BCUT2D eigenvalue weighted by molar-refractivity contribution is 7.15. The third-order valence-corrected chi connectivity index (χ3v) is 4.86. The van der Waals surface area contributed by atoms with Crippen molar-refractivity contribution in [2.75, 3.05) is 5.32 Å². The van der Waals surface area contributed by atoms with E-state index in [-0.39, 0.29) is 17.7 Å². The minimum Gasteiger partial charge on any atom is -0.300 e. The van der Waals surface area contributed by atoms with Crippen LogP contribution in [0.5, 0.6) is 0 Å². The predicted octanol–water partition coefficient (Wildman–Crippen LogP) is 4.15. The molecule has 4 nitrogen and oxygen atoms in total. The lowest BCUT2D eigenvalue weighted by atomic mass is 10.1. The van der Waals surface area contributed by atoms with Crippen molar-refractivity contribution in [3.63, 3.8) is 0 Å². The Kier molecular flexibility index (Phi) is 4.15. The standard InChI is InChI=1S/C14H13Cl2N3OS/c1-2-12-18-19-14(21-12)17-13(20)11-6-10(11)7-3-8(15)5-9(16)4-7/h3-5,10-11H,2,6H2,1H3,(H,17,19,20)/t10-,11+/m0/s1. The van der Waals surface area contributed by atoms with E-state index in [4.69, 9.17) is 23.2 Å². The molecule has 1 heterocycles. The second kappa shape index (κ2) is 5.91. The molecule has 7 heteroatoms. The highest BCUT2D eigenvalue weighted by Gasteiger charge is 2.44. The molecule has 0 unspecified atom stereocenters. The van der Waals surface area contributed by atoms with Crippen LogP contribution < -0.4 is 5.32 Å². The number of halogens is 2. The van der Waals surface area contributed by atoms with Crippen molar-refractivity contribution in [2.24, 2.45) is 5.92 Å². The number of nitrogens with zero attached hydrogens (tertiary/aromatic N) is 2. The molecule has 2 aromatic rings. The van der Waals surface area contributed by atoms with Crippen molar-refractivity contribution in [1.29, 1.82) is 0 Å². The maximum atomic E-state index is 12.2. The molecule has 1 N–H and O–H groups in total. The zero-order valence-electron chi connectivity index (χ0n) is 11.3. The summed E-state index contributed by atoms with van der Waals surface area (Å²) in [5, 5.41) is 13.4. The number of rotatable bonds is 4. The van der Waals surface area contributed by atoms with E-state index in [2.05, 4.69) is 15.5 Å². The van der Waals surface area contributed by atoms with Crippen molar-refractivity contribution in [2.45, 2.75) is 25.7 Å². The normalized spacial score (nSPS) is 20.3. The van der Waals surface area contributed by atoms with Gasteiger partial charge in [0.05, 0.1) is 0 Å². The molecule has 0 saturated heterocycles. The smallest absolute Gasteiger partial charge is 0.229 e. The third kappa shape index (κ3) is 3.36. The molecule has 3 rings (SSSR count). The van der Waals surface area contributed by atoms with Crippen LogP contribution in [-0.2, 0) is 11.2 Å². The zero-order valence-corrected chi connectivity index (χ0v) is 13.6. The minimum atomic E-state index is -0.0477. The van der Waals surface area contributed by atoms with Crippen LogP contribution in [0.15, 0.2) is 18.2 Å². The SMILES string of the molecule is CCc1nnc(NC(=O)[C@@H]2C[C@H]2c2cc(Cl)cc(Cl)c2)s1. The van der Waals surface area contributed by atoms with Gasteiger partial charge in [-0.05, 0) is 42.5 Å². The van der Waals surface area contributed by atoms with E-state index in [1.54, 1.807) is 6.07 Å². The van der Waals surface area contributed by atoms with Crippen molar-refractivity contribution >= 4 is 45.6 Å². The summed E-state index contributed by atoms with van der Waals surface area (Å²) in [4.78, 5) is 12.2. The Balaban J connectivity index is 1.65. The van der Waals surface area contributed by atoms with Gasteiger partial charge in [-0.25, -0.2) is 0 Å². The topological polar surface area (TPSA) is 54.9 Å². The number of aromatic nitrogens is 2. The molecule has 1 aromatic heterocycles. The summed E-state index contributed by atoms with van der Waals surface area (Å²) in [6.45, 7) is 2.01. The van der Waals surface area contributed by atoms with Gasteiger partial charge in [0.15, 0.2) is 0 Å². The second-order valence-corrected chi connectivity index (χ2v) is 6.93. The molecule has 0 radical (unpaired) electrons. The summed E-state index contributed by atoms with van der Waals surface area (Å²) in [7, 11) is 0. The first kappa shape index (κ1) is 14.8. The van der Waals surface area contributed by atoms with E-state index in [0.717, 1.165) is 23.4 Å². The van der Waals surface area contributed by atoms with Crippen LogP contribution >= 0.6 is 34.5 Å². The maximum absolute atomic E-state index is 12.2. The van der Waals surface area contributed by atoms with Gasteiger partial charge in [0, 0.05) is 16.0 Å². The lowest BCUT2D eigenvalue weighted by Crippen LogP contribution is -2.14. The van der Waals surface area contributed by atoms with Gasteiger partial charge >= 0.3 is 0 Å². The summed E-state index contributed by atoms with van der Waals surface area (Å²) in [5.41, 5.74) is 1.01. The Labute approximate surface area is 136 Å². The first-order valence-electron chi connectivity index (χ1n) is 6.66. The van der Waals surface area contributed by atoms with Crippen LogP contribution in [0.3, 0.4) is 0 Å². The van der Waals surface area contributed by atoms with Crippen molar-refractivity contribution < 1.29 is 4.79 Å². The zero-order chi connectivity index (χ0) is 15.0. The average molecular weight is 342 g/mol. The van der Waals surface area contributed by atoms with Gasteiger partial charge in [0.1, 0.15) is 5.01 Å². The van der Waals surface area contributed by atoms with Gasteiger partial charge < -0.3 is 5.32 Å². The molecule has 1 fully saturated rings. The Morgan fingerprint density at radius 2 is 2.05 bits per heavy atom. The molecule has 1 amide bonds. The largest absolute Gasteiger partial charge is 0.300 e. The number of amides is 1. The number of aryl methyl sites for hydroxylation is 1. The van der Waals surface area contributed by atoms with Crippen LogP contribution in [0.4, 0.5) is 5.13 Å². The van der Waals surface area contributed by atoms with Gasteiger partial charge in [-0.15, -0.1) is 10.2 Å². The predicted molar refractivity (Wildman–Crippen MR) is 85.2 cm³/mol. The molecular weight excluding hydrogens is 329 g/mol. The van der Waals surface area contributed by atoms with Crippen molar-refractivity contribution in [3.8, 4) is 0 Å². The molecular formula is C14H13Cl2N3OS. The molecule has 1 saturated carbocycles. The molecule has 2 atom stereocenters. The summed E-state index contributed by atoms with van der Waals surface area (Å²) >= 11 is 13.4. The van der Waals surface area contributed by atoms with E-state index in [9.17, 15) is 4.79 Å². The molecule has 1 aliphatic carbocycles. The summed E-state index contributed by atoms with van der Waals surface area (Å²) in [6, 6.07) is 5.43. The molecule has 1 aromatic carbocycles. The van der Waals surface area contributed by atoms with Crippen molar-refractivity contribution in [1.82, 2.24) is 10.2 Å². The minimum absolute atomic E-state index is 0.0186. The highest BCUT2D eigenvalue weighted by atomic mass is 35.5. The molecule has 0 aliphatic heterocycles. The number of carbonyl (C=O) groups excluding carboxylic acids is 1. The van der Waals surface area contributed by atoms with Crippen molar-refractivity contribution in [3.05, 3.63) is 38.8 Å². The number of anilines is 1.